The molecule has 0 aromatic rings. The lowest BCUT2D eigenvalue weighted by Crippen LogP contribution is -2.35. The third kappa shape index (κ3) is 3.10. The highest BCUT2D eigenvalue weighted by Gasteiger charge is 2.45. The third-order valence-electron chi connectivity index (χ3n) is 6.02. The van der Waals surface area contributed by atoms with Gasteiger partial charge in [-0.05, 0) is 42.9 Å². The molecule has 1 heterocycles. The van der Waals surface area contributed by atoms with Gasteiger partial charge in [-0.15, -0.1) is 0 Å². The minimum atomic E-state index is -0.323. The molecule has 1 saturated heterocycles. The fourth-order valence-corrected chi connectivity index (χ4v) is 5.09. The zero-order valence-electron chi connectivity index (χ0n) is 14.5. The predicted octanol–water partition coefficient (Wildman–Crippen LogP) is 4.46. The molecule has 0 spiro atoms. The summed E-state index contributed by atoms with van der Waals surface area (Å²) in [5.74, 6) is 0.546. The van der Waals surface area contributed by atoms with Crippen molar-refractivity contribution in [1.29, 1.82) is 0 Å². The van der Waals surface area contributed by atoms with Crippen molar-refractivity contribution >= 4 is 5.97 Å². The van der Waals surface area contributed by atoms with E-state index in [2.05, 4.69) is 26.8 Å². The van der Waals surface area contributed by atoms with Crippen molar-refractivity contribution in [3.63, 3.8) is 0 Å². The summed E-state index contributed by atoms with van der Waals surface area (Å²) in [7, 11) is 0. The van der Waals surface area contributed by atoms with Crippen LogP contribution in [0.2, 0.25) is 0 Å². The van der Waals surface area contributed by atoms with Gasteiger partial charge in [0, 0.05) is 18.8 Å². The topological polar surface area (TPSA) is 35.5 Å². The van der Waals surface area contributed by atoms with Crippen molar-refractivity contribution in [3.8, 4) is 0 Å². The van der Waals surface area contributed by atoms with Gasteiger partial charge in [0.1, 0.15) is 0 Å². The molecule has 3 aliphatic rings. The molecule has 0 unspecified atom stereocenters. The van der Waals surface area contributed by atoms with Crippen molar-refractivity contribution in [3.05, 3.63) is 11.6 Å². The molecule has 2 fully saturated rings. The summed E-state index contributed by atoms with van der Waals surface area (Å²) >= 11 is 0. The van der Waals surface area contributed by atoms with Crippen LogP contribution in [-0.2, 0) is 14.3 Å². The van der Waals surface area contributed by atoms with E-state index in [4.69, 9.17) is 9.47 Å². The van der Waals surface area contributed by atoms with Crippen LogP contribution in [0.4, 0.5) is 0 Å². The summed E-state index contributed by atoms with van der Waals surface area (Å²) in [6.45, 7) is 9.44. The average Bonchev–Trinajstić information content (AvgIpc) is 2.79. The van der Waals surface area contributed by atoms with Gasteiger partial charge in [-0.3, -0.25) is 4.79 Å². The van der Waals surface area contributed by atoms with Crippen LogP contribution in [0.15, 0.2) is 11.6 Å². The second kappa shape index (κ2) is 5.67. The van der Waals surface area contributed by atoms with Gasteiger partial charge in [0.2, 0.25) is 6.29 Å². The van der Waals surface area contributed by atoms with Gasteiger partial charge in [0.05, 0.1) is 6.61 Å². The van der Waals surface area contributed by atoms with E-state index in [1.54, 1.807) is 5.57 Å². The highest BCUT2D eigenvalue weighted by Crippen LogP contribution is 2.53. The number of allylic oxidation sites excluding steroid dienone is 1. The predicted molar refractivity (Wildman–Crippen MR) is 86.2 cm³/mol. The van der Waals surface area contributed by atoms with E-state index in [-0.39, 0.29) is 12.3 Å². The Bertz CT molecular complexity index is 479. The zero-order chi connectivity index (χ0) is 16.0. The molecule has 0 N–H and O–H groups in total. The van der Waals surface area contributed by atoms with Gasteiger partial charge in [0.25, 0.3) is 0 Å². The largest absolute Gasteiger partial charge is 0.436 e. The van der Waals surface area contributed by atoms with E-state index in [0.29, 0.717) is 29.3 Å². The summed E-state index contributed by atoms with van der Waals surface area (Å²) < 4.78 is 11.1. The Morgan fingerprint density at radius 3 is 2.77 bits per heavy atom. The van der Waals surface area contributed by atoms with Crippen LogP contribution >= 0.6 is 0 Å². The summed E-state index contributed by atoms with van der Waals surface area (Å²) in [5, 5.41) is 0. The molecule has 3 rings (SSSR count). The molecule has 1 aliphatic heterocycles. The number of hydrogen-bond acceptors (Lipinski definition) is 3. The van der Waals surface area contributed by atoms with E-state index >= 15 is 0 Å². The zero-order valence-corrected chi connectivity index (χ0v) is 14.5. The Hall–Kier alpha value is -0.830. The highest BCUT2D eigenvalue weighted by molar-refractivity contribution is 5.66. The SMILES string of the molecule is CC(=O)O[C@H]1OC[C@@H]2C=C([C@@]3(C)CCCC(C)(C)C3)CC[C@H]12. The van der Waals surface area contributed by atoms with E-state index in [1.807, 2.05) is 0 Å². The van der Waals surface area contributed by atoms with Crippen LogP contribution < -0.4 is 0 Å². The molecule has 3 nitrogen and oxygen atoms in total. The number of fused-ring (bicyclic) bond motifs is 1. The number of esters is 1. The molecule has 22 heavy (non-hydrogen) atoms. The number of carbonyl (C=O) groups excluding carboxylic acids is 1. The minimum absolute atomic E-state index is 0.235. The minimum Gasteiger partial charge on any atom is -0.436 e. The second-order valence-corrected chi connectivity index (χ2v) is 8.62. The fraction of sp³-hybridized carbons (Fsp3) is 0.842. The molecule has 3 heteroatoms. The Balaban J connectivity index is 1.74. The molecule has 0 aromatic heterocycles. The second-order valence-electron chi connectivity index (χ2n) is 8.62. The first-order chi connectivity index (χ1) is 10.3. The molecule has 124 valence electrons. The van der Waals surface area contributed by atoms with Gasteiger partial charge in [-0.1, -0.05) is 38.8 Å². The number of hydrogen-bond donors (Lipinski definition) is 0. The smallest absolute Gasteiger partial charge is 0.304 e. The van der Waals surface area contributed by atoms with Crippen LogP contribution in [0.25, 0.3) is 0 Å². The molecule has 0 amide bonds. The molecular formula is C19H30O3. The average molecular weight is 306 g/mol. The third-order valence-corrected chi connectivity index (χ3v) is 6.02. The standard InChI is InChI=1S/C19H30O3/c1-13(20)22-17-16-7-6-15(10-14(16)11-21-17)19(4)9-5-8-18(2,3)12-19/h10,14,16-17H,5-9,11-12H2,1-4H3/t14-,16-,17+,19-/m0/s1. The summed E-state index contributed by atoms with van der Waals surface area (Å²) in [6.07, 6.45) is 9.65. The van der Waals surface area contributed by atoms with Crippen LogP contribution in [0.1, 0.15) is 66.2 Å². The molecule has 0 radical (unpaired) electrons. The first kappa shape index (κ1) is 16.0. The lowest BCUT2D eigenvalue weighted by Gasteiger charge is -2.46. The molecular weight excluding hydrogens is 276 g/mol. The number of rotatable bonds is 2. The van der Waals surface area contributed by atoms with E-state index < -0.39 is 0 Å². The molecule has 2 aliphatic carbocycles. The Kier molecular flexibility index (Phi) is 4.13. The molecule has 0 bridgehead atoms. The van der Waals surface area contributed by atoms with Gasteiger partial charge >= 0.3 is 5.97 Å². The van der Waals surface area contributed by atoms with Crippen molar-refractivity contribution in [1.82, 2.24) is 0 Å². The highest BCUT2D eigenvalue weighted by atomic mass is 16.7. The normalized spacial score (nSPS) is 40.7. The lowest BCUT2D eigenvalue weighted by atomic mass is 9.59. The van der Waals surface area contributed by atoms with Gasteiger partial charge < -0.3 is 9.47 Å². The van der Waals surface area contributed by atoms with Gasteiger partial charge in [-0.2, -0.15) is 0 Å². The Morgan fingerprint density at radius 1 is 1.32 bits per heavy atom. The van der Waals surface area contributed by atoms with Crippen LogP contribution in [-0.4, -0.2) is 18.9 Å². The maximum Gasteiger partial charge on any atom is 0.304 e. The first-order valence-corrected chi connectivity index (χ1v) is 8.79. The van der Waals surface area contributed by atoms with Crippen molar-refractivity contribution in [2.75, 3.05) is 6.61 Å². The van der Waals surface area contributed by atoms with Crippen LogP contribution in [0.3, 0.4) is 0 Å². The van der Waals surface area contributed by atoms with E-state index in [9.17, 15) is 4.79 Å². The van der Waals surface area contributed by atoms with Gasteiger partial charge in [-0.25, -0.2) is 0 Å². The maximum atomic E-state index is 11.2. The van der Waals surface area contributed by atoms with Crippen molar-refractivity contribution in [2.24, 2.45) is 22.7 Å². The Labute approximate surface area is 134 Å². The van der Waals surface area contributed by atoms with Crippen molar-refractivity contribution < 1.29 is 14.3 Å². The van der Waals surface area contributed by atoms with E-state index in [0.717, 1.165) is 12.8 Å². The lowest BCUT2D eigenvalue weighted by molar-refractivity contribution is -0.173. The summed E-state index contributed by atoms with van der Waals surface area (Å²) in [5.41, 5.74) is 2.44. The van der Waals surface area contributed by atoms with Crippen molar-refractivity contribution in [2.45, 2.75) is 72.5 Å². The summed E-state index contributed by atoms with van der Waals surface area (Å²) in [6, 6.07) is 0. The fourth-order valence-electron chi connectivity index (χ4n) is 5.09. The number of ether oxygens (including phenoxy) is 2. The molecule has 4 atom stereocenters. The van der Waals surface area contributed by atoms with Gasteiger partial charge in [0.15, 0.2) is 0 Å². The summed E-state index contributed by atoms with van der Waals surface area (Å²) in [4.78, 5) is 11.2. The maximum absolute atomic E-state index is 11.2. The molecule has 1 saturated carbocycles. The first-order valence-electron chi connectivity index (χ1n) is 8.79. The molecule has 0 aromatic carbocycles. The quantitative estimate of drug-likeness (QED) is 0.558. The number of carbonyl (C=O) groups is 1. The van der Waals surface area contributed by atoms with Crippen LogP contribution in [0.5, 0.6) is 0 Å². The Morgan fingerprint density at radius 2 is 2.09 bits per heavy atom. The monoisotopic (exact) mass is 306 g/mol. The van der Waals surface area contributed by atoms with Crippen LogP contribution in [0, 0.1) is 22.7 Å². The van der Waals surface area contributed by atoms with E-state index in [1.165, 1.54) is 32.6 Å².